The number of hydrogen-bond acceptors (Lipinski definition) is 3. The zero-order chi connectivity index (χ0) is 37.7. The molecule has 9 aromatic carbocycles. The summed E-state index contributed by atoms with van der Waals surface area (Å²) in [6, 6.07) is 75.1. The third-order valence-electron chi connectivity index (χ3n) is 11.0. The van der Waals surface area contributed by atoms with Crippen molar-refractivity contribution in [2.75, 3.05) is 4.90 Å². The van der Waals surface area contributed by atoms with Crippen molar-refractivity contribution in [3.05, 3.63) is 212 Å². The third kappa shape index (κ3) is 5.58. The predicted octanol–water partition coefficient (Wildman–Crippen LogP) is 14.5. The van der Waals surface area contributed by atoms with E-state index in [-0.39, 0.29) is 0 Å². The van der Waals surface area contributed by atoms with E-state index in [0.29, 0.717) is 5.89 Å². The van der Waals surface area contributed by atoms with Gasteiger partial charge in [-0.2, -0.15) is 0 Å². The van der Waals surface area contributed by atoms with Crippen LogP contribution in [0.3, 0.4) is 0 Å². The first kappa shape index (κ1) is 32.7. The summed E-state index contributed by atoms with van der Waals surface area (Å²) in [6.45, 7) is 0. The Balaban J connectivity index is 1.10. The molecule has 4 nitrogen and oxygen atoms in total. The van der Waals surface area contributed by atoms with Crippen molar-refractivity contribution >= 4 is 60.7 Å². The second-order valence-electron chi connectivity index (χ2n) is 14.4. The summed E-state index contributed by atoms with van der Waals surface area (Å²) in [5.41, 5.74) is 13.7. The molecule has 0 fully saturated rings. The van der Waals surface area contributed by atoms with E-state index in [1.54, 1.807) is 0 Å². The van der Waals surface area contributed by atoms with Crippen LogP contribution in [-0.4, -0.2) is 9.55 Å². The summed E-state index contributed by atoms with van der Waals surface area (Å²) in [7, 11) is 0. The molecule has 0 radical (unpaired) electrons. The normalized spacial score (nSPS) is 11.5. The van der Waals surface area contributed by atoms with Crippen molar-refractivity contribution < 1.29 is 4.42 Å². The van der Waals surface area contributed by atoms with Crippen molar-refractivity contribution in [3.63, 3.8) is 0 Å². The van der Waals surface area contributed by atoms with E-state index in [4.69, 9.17) is 9.40 Å². The van der Waals surface area contributed by atoms with Gasteiger partial charge >= 0.3 is 0 Å². The molecule has 2 aromatic heterocycles. The monoisotopic (exact) mass is 729 g/mol. The van der Waals surface area contributed by atoms with Gasteiger partial charge in [-0.3, -0.25) is 0 Å². The Bertz CT molecular complexity index is 3200. The smallest absolute Gasteiger partial charge is 0.227 e. The first-order valence-electron chi connectivity index (χ1n) is 19.3. The number of para-hydroxylation sites is 2. The molecule has 0 bridgehead atoms. The SMILES string of the molecule is c1ccc(-c2ccc(N(c3ccc(-c4cc5ccccc5c5nc(-c6ccccc6)oc45)cc3)c3cccc4c3c3ccccc3n4-c3ccccc3)cc2)cc1. The van der Waals surface area contributed by atoms with Crippen LogP contribution >= 0.6 is 0 Å². The van der Waals surface area contributed by atoms with Crippen molar-refractivity contribution in [1.29, 1.82) is 0 Å². The summed E-state index contributed by atoms with van der Waals surface area (Å²) < 4.78 is 8.99. The zero-order valence-electron chi connectivity index (χ0n) is 31.0. The highest BCUT2D eigenvalue weighted by atomic mass is 16.3. The Labute approximate surface area is 330 Å². The van der Waals surface area contributed by atoms with E-state index in [9.17, 15) is 0 Å². The lowest BCUT2D eigenvalue weighted by Gasteiger charge is -2.27. The van der Waals surface area contributed by atoms with Gasteiger partial charge in [-0.25, -0.2) is 4.98 Å². The van der Waals surface area contributed by atoms with Crippen LogP contribution in [0.15, 0.2) is 217 Å². The largest absolute Gasteiger partial charge is 0.435 e. The van der Waals surface area contributed by atoms with E-state index >= 15 is 0 Å². The second-order valence-corrected chi connectivity index (χ2v) is 14.4. The molecule has 11 aromatic rings. The lowest BCUT2D eigenvalue weighted by Crippen LogP contribution is -2.10. The number of oxazole rings is 1. The maximum absolute atomic E-state index is 6.62. The predicted molar refractivity (Wildman–Crippen MR) is 237 cm³/mol. The Morgan fingerprint density at radius 2 is 1.00 bits per heavy atom. The highest BCUT2D eigenvalue weighted by molar-refractivity contribution is 6.17. The number of aromatic nitrogens is 2. The van der Waals surface area contributed by atoms with Crippen LogP contribution in [0, 0.1) is 0 Å². The minimum Gasteiger partial charge on any atom is -0.435 e. The lowest BCUT2D eigenvalue weighted by atomic mass is 9.99. The quantitative estimate of drug-likeness (QED) is 0.164. The molecular formula is C53H35N3O. The molecule has 0 aliphatic heterocycles. The summed E-state index contributed by atoms with van der Waals surface area (Å²) in [5.74, 6) is 0.618. The highest BCUT2D eigenvalue weighted by Gasteiger charge is 2.22. The van der Waals surface area contributed by atoms with E-state index < -0.39 is 0 Å². The number of hydrogen-bond donors (Lipinski definition) is 0. The molecule has 0 atom stereocenters. The molecule has 268 valence electrons. The van der Waals surface area contributed by atoms with Crippen LogP contribution in [-0.2, 0) is 0 Å². The summed E-state index contributed by atoms with van der Waals surface area (Å²) >= 11 is 0. The van der Waals surface area contributed by atoms with Gasteiger partial charge in [0.05, 0.1) is 16.7 Å². The van der Waals surface area contributed by atoms with Crippen molar-refractivity contribution in [1.82, 2.24) is 9.55 Å². The van der Waals surface area contributed by atoms with E-state index in [2.05, 4.69) is 191 Å². The number of nitrogens with zero attached hydrogens (tertiary/aromatic N) is 3. The van der Waals surface area contributed by atoms with Gasteiger partial charge in [0.1, 0.15) is 5.52 Å². The van der Waals surface area contributed by atoms with E-state index in [0.717, 1.165) is 66.8 Å². The van der Waals surface area contributed by atoms with Gasteiger partial charge in [-0.05, 0) is 94.9 Å². The highest BCUT2D eigenvalue weighted by Crippen LogP contribution is 2.45. The Kier molecular flexibility index (Phi) is 7.78. The molecule has 57 heavy (non-hydrogen) atoms. The number of fused-ring (bicyclic) bond motifs is 6. The maximum Gasteiger partial charge on any atom is 0.227 e. The van der Waals surface area contributed by atoms with E-state index in [1.165, 1.54) is 27.4 Å². The van der Waals surface area contributed by atoms with E-state index in [1.807, 2.05) is 30.3 Å². The standard InChI is InChI=1S/C53H35N3O/c1-4-15-36(16-5-1)37-27-31-42(32-28-37)55(48-25-14-26-49-50(48)45-23-12-13-24-47(45)56(49)41-20-8-3-9-21-41)43-33-29-38(30-34-43)46-35-40-19-10-11-22-44(40)51-52(46)57-53(54-51)39-17-6-2-7-18-39/h1-35H. The summed E-state index contributed by atoms with van der Waals surface area (Å²) in [5, 5.41) is 4.59. The van der Waals surface area contributed by atoms with Gasteiger partial charge in [-0.1, -0.05) is 140 Å². The number of rotatable bonds is 7. The Morgan fingerprint density at radius 3 is 1.72 bits per heavy atom. The molecule has 0 amide bonds. The molecule has 2 heterocycles. The fourth-order valence-corrected chi connectivity index (χ4v) is 8.36. The molecule has 0 aliphatic carbocycles. The fourth-order valence-electron chi connectivity index (χ4n) is 8.36. The minimum atomic E-state index is 0.618. The van der Waals surface area contributed by atoms with Crippen molar-refractivity contribution in [3.8, 4) is 39.4 Å². The molecule has 0 saturated carbocycles. The van der Waals surface area contributed by atoms with Gasteiger partial charge < -0.3 is 13.9 Å². The first-order chi connectivity index (χ1) is 28.3. The molecule has 0 unspecified atom stereocenters. The van der Waals surface area contributed by atoms with Crippen LogP contribution in [0.5, 0.6) is 0 Å². The van der Waals surface area contributed by atoms with Crippen LogP contribution in [0.1, 0.15) is 0 Å². The average molecular weight is 730 g/mol. The van der Waals surface area contributed by atoms with Crippen LogP contribution in [0.2, 0.25) is 0 Å². The molecular weight excluding hydrogens is 695 g/mol. The Morgan fingerprint density at radius 1 is 0.439 bits per heavy atom. The number of benzene rings is 9. The van der Waals surface area contributed by atoms with Crippen molar-refractivity contribution in [2.45, 2.75) is 0 Å². The van der Waals surface area contributed by atoms with Crippen molar-refractivity contribution in [2.24, 2.45) is 0 Å². The first-order valence-corrected chi connectivity index (χ1v) is 19.3. The van der Waals surface area contributed by atoms with Gasteiger partial charge in [0.15, 0.2) is 5.58 Å². The van der Waals surface area contributed by atoms with Gasteiger partial charge in [-0.15, -0.1) is 0 Å². The van der Waals surface area contributed by atoms with Gasteiger partial charge in [0.2, 0.25) is 5.89 Å². The van der Waals surface area contributed by atoms with Gasteiger partial charge in [0.25, 0.3) is 0 Å². The second kappa shape index (κ2) is 13.6. The topological polar surface area (TPSA) is 34.2 Å². The average Bonchev–Trinajstić information content (AvgIpc) is 3.89. The third-order valence-corrected chi connectivity index (χ3v) is 11.0. The minimum absolute atomic E-state index is 0.618. The molecule has 0 saturated heterocycles. The number of anilines is 3. The van der Waals surface area contributed by atoms with Crippen LogP contribution < -0.4 is 4.90 Å². The summed E-state index contributed by atoms with van der Waals surface area (Å²) in [6.07, 6.45) is 0. The van der Waals surface area contributed by atoms with Gasteiger partial charge in [0, 0.05) is 44.3 Å². The van der Waals surface area contributed by atoms with Crippen LogP contribution in [0.4, 0.5) is 17.1 Å². The molecule has 4 heteroatoms. The summed E-state index contributed by atoms with van der Waals surface area (Å²) in [4.78, 5) is 7.44. The van der Waals surface area contributed by atoms with Crippen LogP contribution in [0.25, 0.3) is 83.1 Å². The lowest BCUT2D eigenvalue weighted by molar-refractivity contribution is 0.621. The maximum atomic E-state index is 6.62. The molecule has 0 aliphatic rings. The Hall–Kier alpha value is -7.69. The molecule has 11 rings (SSSR count). The molecule has 0 spiro atoms. The fraction of sp³-hybridized carbons (Fsp3) is 0. The zero-order valence-corrected chi connectivity index (χ0v) is 31.0. The molecule has 0 N–H and O–H groups in total.